The molecule has 1 aromatic heterocycles. The van der Waals surface area contributed by atoms with Crippen LogP contribution >= 0.6 is 15.9 Å². The molecular formula is C12H7BrSe. The van der Waals surface area contributed by atoms with Crippen LogP contribution in [0.4, 0.5) is 0 Å². The van der Waals surface area contributed by atoms with E-state index >= 15 is 0 Å². The summed E-state index contributed by atoms with van der Waals surface area (Å²) >= 11 is 4.15. The summed E-state index contributed by atoms with van der Waals surface area (Å²) in [6.07, 6.45) is 0. The second kappa shape index (κ2) is 3.23. The van der Waals surface area contributed by atoms with Crippen LogP contribution in [0.2, 0.25) is 0 Å². The molecule has 0 aliphatic rings. The van der Waals surface area contributed by atoms with Crippen molar-refractivity contribution in [2.24, 2.45) is 0 Å². The van der Waals surface area contributed by atoms with Crippen molar-refractivity contribution >= 4 is 50.9 Å². The van der Waals surface area contributed by atoms with Crippen LogP contribution in [-0.2, 0) is 0 Å². The monoisotopic (exact) mass is 310 g/mol. The van der Waals surface area contributed by atoms with Crippen molar-refractivity contribution in [1.82, 2.24) is 0 Å². The molecule has 2 heteroatoms. The van der Waals surface area contributed by atoms with Gasteiger partial charge in [-0.25, -0.2) is 0 Å². The second-order valence-corrected chi connectivity index (χ2v) is 6.01. The quantitative estimate of drug-likeness (QED) is 0.554. The third-order valence-electron chi connectivity index (χ3n) is 2.42. The van der Waals surface area contributed by atoms with Gasteiger partial charge in [0.25, 0.3) is 0 Å². The fraction of sp³-hybridized carbons (Fsp3) is 0. The van der Waals surface area contributed by atoms with Crippen LogP contribution < -0.4 is 0 Å². The van der Waals surface area contributed by atoms with Crippen LogP contribution in [0.3, 0.4) is 0 Å². The average Bonchev–Trinajstić information content (AvgIpc) is 2.61. The number of rotatable bonds is 0. The van der Waals surface area contributed by atoms with Gasteiger partial charge < -0.3 is 0 Å². The molecule has 0 spiro atoms. The van der Waals surface area contributed by atoms with Gasteiger partial charge in [-0.1, -0.05) is 0 Å². The molecule has 0 saturated carbocycles. The van der Waals surface area contributed by atoms with Crippen molar-refractivity contribution in [3.8, 4) is 0 Å². The van der Waals surface area contributed by atoms with Gasteiger partial charge in [0.1, 0.15) is 0 Å². The summed E-state index contributed by atoms with van der Waals surface area (Å²) in [5, 5.41) is 4.10. The molecule has 68 valence electrons. The van der Waals surface area contributed by atoms with E-state index in [1.807, 2.05) is 0 Å². The standard InChI is InChI=1S/C12H7BrSe/c13-10-7-14-11-6-5-8-3-1-2-4-9(8)12(10)11/h1-7H. The van der Waals surface area contributed by atoms with Gasteiger partial charge in [0.15, 0.2) is 0 Å². The van der Waals surface area contributed by atoms with E-state index in [0.717, 1.165) is 0 Å². The van der Waals surface area contributed by atoms with E-state index in [2.05, 4.69) is 57.3 Å². The third kappa shape index (κ3) is 1.18. The molecule has 0 aliphatic heterocycles. The number of hydrogen-bond acceptors (Lipinski definition) is 0. The Morgan fingerprint density at radius 3 is 2.79 bits per heavy atom. The first-order valence-electron chi connectivity index (χ1n) is 4.41. The van der Waals surface area contributed by atoms with Crippen LogP contribution in [0.1, 0.15) is 0 Å². The van der Waals surface area contributed by atoms with Gasteiger partial charge in [0.05, 0.1) is 0 Å². The van der Waals surface area contributed by atoms with Crippen molar-refractivity contribution in [2.45, 2.75) is 0 Å². The predicted octanol–water partition coefficient (Wildman–Crippen LogP) is 3.81. The first kappa shape index (κ1) is 8.72. The molecule has 3 rings (SSSR count). The molecule has 0 unspecified atom stereocenters. The minimum atomic E-state index is 0.512. The Kier molecular flexibility index (Phi) is 2.01. The second-order valence-electron chi connectivity index (χ2n) is 3.24. The predicted molar refractivity (Wildman–Crippen MR) is 66.1 cm³/mol. The maximum absolute atomic E-state index is 3.63. The van der Waals surface area contributed by atoms with Gasteiger partial charge in [-0.2, -0.15) is 0 Å². The van der Waals surface area contributed by atoms with E-state index in [0.29, 0.717) is 14.5 Å². The van der Waals surface area contributed by atoms with Gasteiger partial charge in [0, 0.05) is 0 Å². The zero-order chi connectivity index (χ0) is 9.54. The van der Waals surface area contributed by atoms with Crippen LogP contribution in [0.15, 0.2) is 45.8 Å². The summed E-state index contributed by atoms with van der Waals surface area (Å²) in [5.41, 5.74) is 0. The molecule has 0 bridgehead atoms. The first-order chi connectivity index (χ1) is 6.86. The molecule has 0 radical (unpaired) electrons. The van der Waals surface area contributed by atoms with Crippen molar-refractivity contribution in [1.29, 1.82) is 0 Å². The Labute approximate surface area is 96.4 Å². The zero-order valence-electron chi connectivity index (χ0n) is 7.33. The molecule has 14 heavy (non-hydrogen) atoms. The number of hydrogen-bond donors (Lipinski definition) is 0. The molecule has 1 heterocycles. The molecule has 0 fully saturated rings. The van der Waals surface area contributed by atoms with E-state index in [4.69, 9.17) is 0 Å². The summed E-state index contributed by atoms with van der Waals surface area (Å²) in [6.45, 7) is 0. The van der Waals surface area contributed by atoms with Crippen molar-refractivity contribution in [3.05, 3.63) is 45.8 Å². The minimum absolute atomic E-state index is 0.512. The molecule has 0 N–H and O–H groups in total. The third-order valence-corrected chi connectivity index (χ3v) is 5.71. The Balaban J connectivity index is 2.65. The SMILES string of the molecule is Brc1c[se]c2ccc3ccccc3c12. The van der Waals surface area contributed by atoms with Crippen LogP contribution in [-0.4, -0.2) is 14.5 Å². The van der Waals surface area contributed by atoms with Crippen LogP contribution in [0, 0.1) is 0 Å². The maximum atomic E-state index is 3.63. The van der Waals surface area contributed by atoms with Gasteiger partial charge in [-0.15, -0.1) is 0 Å². The fourth-order valence-electron chi connectivity index (χ4n) is 1.77. The Morgan fingerprint density at radius 2 is 1.86 bits per heavy atom. The van der Waals surface area contributed by atoms with Gasteiger partial charge in [-0.05, 0) is 0 Å². The molecule has 0 saturated heterocycles. The normalized spacial score (nSPS) is 11.2. The van der Waals surface area contributed by atoms with E-state index in [1.54, 1.807) is 0 Å². The average molecular weight is 310 g/mol. The van der Waals surface area contributed by atoms with Crippen molar-refractivity contribution < 1.29 is 0 Å². The first-order valence-corrected chi connectivity index (χ1v) is 7.04. The number of benzene rings is 2. The van der Waals surface area contributed by atoms with Crippen molar-refractivity contribution in [3.63, 3.8) is 0 Å². The summed E-state index contributed by atoms with van der Waals surface area (Å²) in [7, 11) is 0. The van der Waals surface area contributed by atoms with E-state index in [1.165, 1.54) is 24.9 Å². The molecule has 0 nitrogen and oxygen atoms in total. The molecule has 2 aromatic carbocycles. The molecule has 0 atom stereocenters. The van der Waals surface area contributed by atoms with Gasteiger partial charge >= 0.3 is 96.7 Å². The van der Waals surface area contributed by atoms with Crippen LogP contribution in [0.25, 0.3) is 20.4 Å². The molecule has 0 aliphatic carbocycles. The molecule has 3 aromatic rings. The number of halogens is 1. The zero-order valence-corrected chi connectivity index (χ0v) is 10.6. The summed E-state index contributed by atoms with van der Waals surface area (Å²) in [4.78, 5) is 2.30. The van der Waals surface area contributed by atoms with Gasteiger partial charge in [-0.3, -0.25) is 0 Å². The molecular weight excluding hydrogens is 303 g/mol. The Morgan fingerprint density at radius 1 is 1.00 bits per heavy atom. The summed E-state index contributed by atoms with van der Waals surface area (Å²) in [5.74, 6) is 0. The molecule has 0 amide bonds. The summed E-state index contributed by atoms with van der Waals surface area (Å²) < 4.78 is 2.76. The summed E-state index contributed by atoms with van der Waals surface area (Å²) in [6, 6.07) is 13.0. The van der Waals surface area contributed by atoms with Gasteiger partial charge in [0.2, 0.25) is 0 Å². The van der Waals surface area contributed by atoms with E-state index < -0.39 is 0 Å². The fourth-order valence-corrected chi connectivity index (χ4v) is 4.73. The number of fused-ring (bicyclic) bond motifs is 3. The topological polar surface area (TPSA) is 0 Å². The van der Waals surface area contributed by atoms with E-state index in [-0.39, 0.29) is 0 Å². The van der Waals surface area contributed by atoms with Crippen molar-refractivity contribution in [2.75, 3.05) is 0 Å². The van der Waals surface area contributed by atoms with E-state index in [9.17, 15) is 0 Å². The Hall–Kier alpha value is -0.561. The van der Waals surface area contributed by atoms with Crippen LogP contribution in [0.5, 0.6) is 0 Å². The Bertz CT molecular complexity index is 610.